The first-order valence-corrected chi connectivity index (χ1v) is 5.31. The second-order valence-electron chi connectivity index (χ2n) is 4.11. The fourth-order valence-electron chi connectivity index (χ4n) is 1.79. The summed E-state index contributed by atoms with van der Waals surface area (Å²) >= 11 is 0. The van der Waals surface area contributed by atoms with Crippen LogP contribution in [0.1, 0.15) is 17.2 Å². The average Bonchev–Trinajstić information content (AvgIpc) is 2.66. The molecular formula is C11H9F6NO. The minimum Gasteiger partial charge on any atom is -0.491 e. The van der Waals surface area contributed by atoms with E-state index in [4.69, 9.17) is 4.74 Å². The summed E-state index contributed by atoms with van der Waals surface area (Å²) in [7, 11) is 0. The normalized spacial score (nSPS) is 19.2. The molecule has 2 rings (SSSR count). The van der Waals surface area contributed by atoms with Crippen LogP contribution in [-0.2, 0) is 6.18 Å². The lowest BCUT2D eigenvalue weighted by Gasteiger charge is -2.13. The van der Waals surface area contributed by atoms with Crippen LogP contribution in [0.5, 0.6) is 5.75 Å². The molecule has 0 spiro atoms. The maximum absolute atomic E-state index is 12.4. The van der Waals surface area contributed by atoms with Crippen LogP contribution in [0.15, 0.2) is 18.2 Å². The summed E-state index contributed by atoms with van der Waals surface area (Å²) < 4.78 is 78.5. The fourth-order valence-corrected chi connectivity index (χ4v) is 1.79. The van der Waals surface area contributed by atoms with Gasteiger partial charge in [0.1, 0.15) is 12.4 Å². The molecule has 0 saturated heterocycles. The van der Waals surface area contributed by atoms with E-state index in [-0.39, 0.29) is 12.4 Å². The Morgan fingerprint density at radius 3 is 2.42 bits per heavy atom. The standard InChI is InChI=1S/C11H9F6NO/c12-10(13,14)5-18-8-4-19-9-3-6(11(15,16)17)1-2-7(8)9/h1-3,8,18H,4-5H2/t8-/m1/s1. The van der Waals surface area contributed by atoms with E-state index in [0.717, 1.165) is 18.2 Å². The Morgan fingerprint density at radius 1 is 1.16 bits per heavy atom. The third-order valence-corrected chi connectivity index (χ3v) is 2.67. The first-order valence-electron chi connectivity index (χ1n) is 5.31. The molecule has 1 aliphatic heterocycles. The van der Waals surface area contributed by atoms with E-state index < -0.39 is 30.5 Å². The second-order valence-corrected chi connectivity index (χ2v) is 4.11. The molecule has 0 aromatic heterocycles. The van der Waals surface area contributed by atoms with Gasteiger partial charge in [0.25, 0.3) is 0 Å². The highest BCUT2D eigenvalue weighted by molar-refractivity contribution is 5.43. The molecule has 0 aliphatic carbocycles. The first-order chi connectivity index (χ1) is 8.67. The topological polar surface area (TPSA) is 21.3 Å². The molecule has 8 heteroatoms. The summed E-state index contributed by atoms with van der Waals surface area (Å²) in [6.45, 7) is -1.34. The van der Waals surface area contributed by atoms with Crippen molar-refractivity contribution < 1.29 is 31.1 Å². The zero-order chi connectivity index (χ0) is 14.3. The molecular weight excluding hydrogens is 276 g/mol. The van der Waals surface area contributed by atoms with Crippen molar-refractivity contribution in [3.63, 3.8) is 0 Å². The van der Waals surface area contributed by atoms with E-state index in [2.05, 4.69) is 5.32 Å². The van der Waals surface area contributed by atoms with Crippen molar-refractivity contribution in [3.05, 3.63) is 29.3 Å². The van der Waals surface area contributed by atoms with Gasteiger partial charge in [0.05, 0.1) is 18.2 Å². The molecule has 1 atom stereocenters. The maximum atomic E-state index is 12.4. The molecule has 1 heterocycles. The number of benzene rings is 1. The zero-order valence-corrected chi connectivity index (χ0v) is 9.40. The molecule has 1 aromatic carbocycles. The predicted octanol–water partition coefficient (Wildman–Crippen LogP) is 3.29. The van der Waals surface area contributed by atoms with E-state index in [9.17, 15) is 26.3 Å². The van der Waals surface area contributed by atoms with E-state index in [0.29, 0.717) is 5.56 Å². The fraction of sp³-hybridized carbons (Fsp3) is 0.455. The van der Waals surface area contributed by atoms with Crippen molar-refractivity contribution in [1.29, 1.82) is 0 Å². The van der Waals surface area contributed by atoms with Gasteiger partial charge in [-0.05, 0) is 12.1 Å². The number of alkyl halides is 6. The summed E-state index contributed by atoms with van der Waals surface area (Å²) in [5.74, 6) is -0.0329. The molecule has 1 aromatic rings. The number of fused-ring (bicyclic) bond motifs is 1. The highest BCUT2D eigenvalue weighted by atomic mass is 19.4. The second kappa shape index (κ2) is 4.59. The highest BCUT2D eigenvalue weighted by Crippen LogP contribution is 2.38. The van der Waals surface area contributed by atoms with Gasteiger partial charge < -0.3 is 4.74 Å². The van der Waals surface area contributed by atoms with Crippen LogP contribution in [0.4, 0.5) is 26.3 Å². The zero-order valence-electron chi connectivity index (χ0n) is 9.40. The number of rotatable bonds is 2. The van der Waals surface area contributed by atoms with Crippen molar-refractivity contribution in [2.75, 3.05) is 13.2 Å². The van der Waals surface area contributed by atoms with E-state index in [1.165, 1.54) is 0 Å². The molecule has 0 amide bonds. The van der Waals surface area contributed by atoms with Crippen molar-refractivity contribution in [2.45, 2.75) is 18.4 Å². The lowest BCUT2D eigenvalue weighted by Crippen LogP contribution is -2.32. The smallest absolute Gasteiger partial charge is 0.416 e. The molecule has 0 saturated carbocycles. The molecule has 0 radical (unpaired) electrons. The van der Waals surface area contributed by atoms with Gasteiger partial charge in [0.15, 0.2) is 0 Å². The first kappa shape index (κ1) is 14.0. The molecule has 2 nitrogen and oxygen atoms in total. The maximum Gasteiger partial charge on any atom is 0.416 e. The number of hydrogen-bond donors (Lipinski definition) is 1. The van der Waals surface area contributed by atoms with E-state index >= 15 is 0 Å². The summed E-state index contributed by atoms with van der Waals surface area (Å²) in [4.78, 5) is 0. The monoisotopic (exact) mass is 285 g/mol. The Bertz CT molecular complexity index is 467. The van der Waals surface area contributed by atoms with E-state index in [1.54, 1.807) is 0 Å². The molecule has 1 N–H and O–H groups in total. The Kier molecular flexibility index (Phi) is 3.38. The summed E-state index contributed by atoms with van der Waals surface area (Å²) in [5.41, 5.74) is -0.583. The minimum absolute atomic E-state index is 0.0329. The molecule has 0 bridgehead atoms. The lowest BCUT2D eigenvalue weighted by molar-refractivity contribution is -0.137. The van der Waals surface area contributed by atoms with Crippen LogP contribution in [0.3, 0.4) is 0 Å². The molecule has 106 valence electrons. The van der Waals surface area contributed by atoms with Crippen molar-refractivity contribution in [2.24, 2.45) is 0 Å². The van der Waals surface area contributed by atoms with Gasteiger partial charge in [-0.15, -0.1) is 0 Å². The number of hydrogen-bond acceptors (Lipinski definition) is 2. The SMILES string of the molecule is FC(F)(F)CN[C@@H]1COc2cc(C(F)(F)F)ccc21. The van der Waals surface area contributed by atoms with Gasteiger partial charge in [-0.1, -0.05) is 6.07 Å². The molecule has 0 fully saturated rings. The number of nitrogens with one attached hydrogen (secondary N) is 1. The summed E-state index contributed by atoms with van der Waals surface area (Å²) in [5, 5.41) is 2.20. The van der Waals surface area contributed by atoms with Gasteiger partial charge in [-0.25, -0.2) is 0 Å². The van der Waals surface area contributed by atoms with Gasteiger partial charge in [-0.3, -0.25) is 5.32 Å². The quantitative estimate of drug-likeness (QED) is 0.842. The van der Waals surface area contributed by atoms with Crippen molar-refractivity contribution >= 4 is 0 Å². The van der Waals surface area contributed by atoms with Crippen molar-refractivity contribution in [1.82, 2.24) is 5.32 Å². The molecule has 1 aliphatic rings. The van der Waals surface area contributed by atoms with Crippen LogP contribution in [-0.4, -0.2) is 19.3 Å². The summed E-state index contributed by atoms with van der Waals surface area (Å²) in [6.07, 6.45) is -8.88. The Hall–Kier alpha value is -1.44. The predicted molar refractivity (Wildman–Crippen MR) is 53.7 cm³/mol. The minimum atomic E-state index is -4.50. The number of halogens is 6. The van der Waals surface area contributed by atoms with Gasteiger partial charge in [-0.2, -0.15) is 26.3 Å². The van der Waals surface area contributed by atoms with Crippen LogP contribution in [0, 0.1) is 0 Å². The average molecular weight is 285 g/mol. The lowest BCUT2D eigenvalue weighted by atomic mass is 10.1. The molecule has 19 heavy (non-hydrogen) atoms. The highest BCUT2D eigenvalue weighted by Gasteiger charge is 2.35. The third kappa shape index (κ3) is 3.31. The number of ether oxygens (including phenoxy) is 1. The Balaban J connectivity index is 2.14. The third-order valence-electron chi connectivity index (χ3n) is 2.67. The van der Waals surface area contributed by atoms with Crippen LogP contribution >= 0.6 is 0 Å². The van der Waals surface area contributed by atoms with Gasteiger partial charge in [0.2, 0.25) is 0 Å². The van der Waals surface area contributed by atoms with Gasteiger partial charge in [0, 0.05) is 5.56 Å². The van der Waals surface area contributed by atoms with Crippen LogP contribution < -0.4 is 10.1 Å². The Morgan fingerprint density at radius 2 is 1.84 bits per heavy atom. The van der Waals surface area contributed by atoms with Crippen molar-refractivity contribution in [3.8, 4) is 5.75 Å². The largest absolute Gasteiger partial charge is 0.491 e. The van der Waals surface area contributed by atoms with Crippen LogP contribution in [0.2, 0.25) is 0 Å². The molecule has 0 unspecified atom stereocenters. The Labute approximate surface area is 104 Å². The van der Waals surface area contributed by atoms with E-state index in [1.807, 2.05) is 0 Å². The van der Waals surface area contributed by atoms with Crippen LogP contribution in [0.25, 0.3) is 0 Å². The van der Waals surface area contributed by atoms with Gasteiger partial charge >= 0.3 is 12.4 Å². The summed E-state index contributed by atoms with van der Waals surface area (Å²) in [6, 6.07) is 2.01.